The third-order valence-electron chi connectivity index (χ3n) is 5.80. The molecule has 1 aliphatic carbocycles. The summed E-state index contributed by atoms with van der Waals surface area (Å²) in [4.78, 5) is 34.7. The lowest BCUT2D eigenvalue weighted by atomic mass is 9.81. The van der Waals surface area contributed by atoms with Crippen LogP contribution in [0.15, 0.2) is 36.7 Å². The average molecular weight is 394 g/mol. The van der Waals surface area contributed by atoms with E-state index >= 15 is 0 Å². The Morgan fingerprint density at radius 2 is 1.93 bits per heavy atom. The summed E-state index contributed by atoms with van der Waals surface area (Å²) >= 11 is 0. The van der Waals surface area contributed by atoms with Gasteiger partial charge in [0, 0.05) is 26.2 Å². The molecule has 1 aromatic carbocycles. The van der Waals surface area contributed by atoms with Gasteiger partial charge in [0.05, 0.1) is 24.1 Å². The maximum absolute atomic E-state index is 12.7. The molecule has 1 saturated heterocycles. The highest BCUT2D eigenvalue weighted by molar-refractivity contribution is 5.93. The molecule has 2 heterocycles. The maximum Gasteiger partial charge on any atom is 0.274 e. The molecule has 1 aliphatic heterocycles. The van der Waals surface area contributed by atoms with E-state index in [0.717, 1.165) is 24.1 Å². The number of carbonyl (C=O) groups excluding carboxylic acids is 2. The summed E-state index contributed by atoms with van der Waals surface area (Å²) in [6.45, 7) is 6.70. The standard InChI is InChI=1S/C22H26N4O3/c1-15-5-4-6-18(9-15)12-29-22(7-8-22)21(25-17(3)27)13-26(14-21)20(28)19-11-23-16(2)10-24-19/h4-6,9-11H,7-8,12-14H2,1-3H3,(H,25,27). The van der Waals surface area contributed by atoms with Crippen molar-refractivity contribution >= 4 is 11.8 Å². The van der Waals surface area contributed by atoms with Crippen molar-refractivity contribution in [1.82, 2.24) is 20.2 Å². The molecule has 2 fully saturated rings. The normalized spacial score (nSPS) is 18.7. The average Bonchev–Trinajstić information content (AvgIpc) is 3.44. The van der Waals surface area contributed by atoms with Gasteiger partial charge in [-0.25, -0.2) is 4.98 Å². The molecule has 2 aromatic rings. The number of amides is 2. The van der Waals surface area contributed by atoms with Crippen molar-refractivity contribution in [3.8, 4) is 0 Å². The number of carbonyl (C=O) groups is 2. The van der Waals surface area contributed by atoms with Crippen molar-refractivity contribution in [3.63, 3.8) is 0 Å². The van der Waals surface area contributed by atoms with E-state index in [0.29, 0.717) is 25.4 Å². The summed E-state index contributed by atoms with van der Waals surface area (Å²) in [5.74, 6) is -0.286. The number of rotatable bonds is 6. The molecule has 0 radical (unpaired) electrons. The summed E-state index contributed by atoms with van der Waals surface area (Å²) in [6.07, 6.45) is 4.82. The van der Waals surface area contributed by atoms with Crippen LogP contribution in [0.2, 0.25) is 0 Å². The van der Waals surface area contributed by atoms with Gasteiger partial charge in [0.2, 0.25) is 5.91 Å². The smallest absolute Gasteiger partial charge is 0.274 e. The molecule has 0 bridgehead atoms. The van der Waals surface area contributed by atoms with Gasteiger partial charge >= 0.3 is 0 Å². The number of aromatic nitrogens is 2. The van der Waals surface area contributed by atoms with Gasteiger partial charge in [-0.15, -0.1) is 0 Å². The Bertz CT molecular complexity index is 931. The fourth-order valence-corrected chi connectivity index (χ4v) is 4.13. The summed E-state index contributed by atoms with van der Waals surface area (Å²) < 4.78 is 6.36. The van der Waals surface area contributed by atoms with Crippen LogP contribution in [-0.2, 0) is 16.1 Å². The van der Waals surface area contributed by atoms with Gasteiger partial charge in [-0.1, -0.05) is 29.8 Å². The molecular weight excluding hydrogens is 368 g/mol. The topological polar surface area (TPSA) is 84.4 Å². The lowest BCUT2D eigenvalue weighted by Crippen LogP contribution is -2.77. The van der Waals surface area contributed by atoms with Crippen molar-refractivity contribution in [2.75, 3.05) is 13.1 Å². The zero-order valence-corrected chi connectivity index (χ0v) is 17.1. The molecule has 7 heteroatoms. The van der Waals surface area contributed by atoms with E-state index in [2.05, 4.69) is 34.3 Å². The number of hydrogen-bond donors (Lipinski definition) is 1. The minimum Gasteiger partial charge on any atom is -0.368 e. The lowest BCUT2D eigenvalue weighted by molar-refractivity contribution is -0.135. The molecule has 1 saturated carbocycles. The van der Waals surface area contributed by atoms with E-state index in [9.17, 15) is 9.59 Å². The van der Waals surface area contributed by atoms with E-state index in [1.165, 1.54) is 18.7 Å². The zero-order chi connectivity index (χ0) is 20.6. The second-order valence-electron chi connectivity index (χ2n) is 8.24. The Kier molecular flexibility index (Phi) is 4.86. The van der Waals surface area contributed by atoms with Crippen molar-refractivity contribution in [3.05, 3.63) is 59.2 Å². The lowest BCUT2D eigenvalue weighted by Gasteiger charge is -2.54. The van der Waals surface area contributed by atoms with Crippen molar-refractivity contribution < 1.29 is 14.3 Å². The Morgan fingerprint density at radius 3 is 2.52 bits per heavy atom. The summed E-state index contributed by atoms with van der Waals surface area (Å²) in [7, 11) is 0. The number of likely N-dealkylation sites (tertiary alicyclic amines) is 1. The highest BCUT2D eigenvalue weighted by atomic mass is 16.5. The molecular formula is C22H26N4O3. The van der Waals surface area contributed by atoms with Crippen LogP contribution in [0.25, 0.3) is 0 Å². The van der Waals surface area contributed by atoms with Crippen molar-refractivity contribution in [2.45, 2.75) is 51.4 Å². The van der Waals surface area contributed by atoms with Crippen LogP contribution in [0, 0.1) is 13.8 Å². The summed E-state index contributed by atoms with van der Waals surface area (Å²) in [6, 6.07) is 8.22. The molecule has 4 rings (SSSR count). The minimum absolute atomic E-state index is 0.113. The summed E-state index contributed by atoms with van der Waals surface area (Å²) in [5, 5.41) is 3.09. The number of aryl methyl sites for hydroxylation is 2. The minimum atomic E-state index is -0.559. The molecule has 7 nitrogen and oxygen atoms in total. The van der Waals surface area contributed by atoms with Crippen LogP contribution in [0.5, 0.6) is 0 Å². The van der Waals surface area contributed by atoms with Gasteiger partial charge in [0.25, 0.3) is 5.91 Å². The molecule has 0 unspecified atom stereocenters. The second-order valence-corrected chi connectivity index (χ2v) is 8.24. The number of nitrogens with one attached hydrogen (secondary N) is 1. The molecule has 2 amide bonds. The van der Waals surface area contributed by atoms with Gasteiger partial charge in [-0.3, -0.25) is 14.6 Å². The molecule has 29 heavy (non-hydrogen) atoms. The largest absolute Gasteiger partial charge is 0.368 e. The predicted octanol–water partition coefficient (Wildman–Crippen LogP) is 2.17. The van der Waals surface area contributed by atoms with Crippen LogP contribution in [-0.4, -0.2) is 50.9 Å². The van der Waals surface area contributed by atoms with Gasteiger partial charge in [-0.05, 0) is 32.3 Å². The molecule has 1 aromatic heterocycles. The number of ether oxygens (including phenoxy) is 1. The van der Waals surface area contributed by atoms with E-state index in [1.807, 2.05) is 19.1 Å². The van der Waals surface area contributed by atoms with E-state index in [4.69, 9.17) is 4.74 Å². The van der Waals surface area contributed by atoms with Crippen LogP contribution in [0.1, 0.15) is 47.1 Å². The van der Waals surface area contributed by atoms with Crippen LogP contribution in [0.4, 0.5) is 0 Å². The number of hydrogen-bond acceptors (Lipinski definition) is 5. The van der Waals surface area contributed by atoms with Gasteiger partial charge < -0.3 is 15.0 Å². The fraction of sp³-hybridized carbons (Fsp3) is 0.455. The molecule has 2 aliphatic rings. The summed E-state index contributed by atoms with van der Waals surface area (Å²) in [5.41, 5.74) is 2.38. The quantitative estimate of drug-likeness (QED) is 0.812. The second kappa shape index (κ2) is 7.22. The molecule has 0 atom stereocenters. The highest BCUT2D eigenvalue weighted by Crippen LogP contribution is 2.52. The first-order valence-corrected chi connectivity index (χ1v) is 9.89. The predicted molar refractivity (Wildman–Crippen MR) is 107 cm³/mol. The Hall–Kier alpha value is -2.80. The zero-order valence-electron chi connectivity index (χ0n) is 17.1. The van der Waals surface area contributed by atoms with Gasteiger partial charge in [0.1, 0.15) is 11.2 Å². The number of nitrogens with zero attached hydrogens (tertiary/aromatic N) is 3. The molecule has 1 N–H and O–H groups in total. The van der Waals surface area contributed by atoms with E-state index in [1.54, 1.807) is 11.1 Å². The first-order valence-electron chi connectivity index (χ1n) is 9.89. The van der Waals surface area contributed by atoms with Gasteiger partial charge in [0.15, 0.2) is 0 Å². The Morgan fingerprint density at radius 1 is 1.17 bits per heavy atom. The van der Waals surface area contributed by atoms with Crippen LogP contribution < -0.4 is 5.32 Å². The third-order valence-corrected chi connectivity index (χ3v) is 5.80. The third kappa shape index (κ3) is 3.74. The molecule has 0 spiro atoms. The Balaban J connectivity index is 1.47. The van der Waals surface area contributed by atoms with Gasteiger partial charge in [-0.2, -0.15) is 0 Å². The fourth-order valence-electron chi connectivity index (χ4n) is 4.13. The highest BCUT2D eigenvalue weighted by Gasteiger charge is 2.67. The molecule has 152 valence electrons. The van der Waals surface area contributed by atoms with Crippen molar-refractivity contribution in [2.24, 2.45) is 0 Å². The van der Waals surface area contributed by atoms with Crippen LogP contribution in [0.3, 0.4) is 0 Å². The first-order chi connectivity index (χ1) is 13.8. The maximum atomic E-state index is 12.7. The first kappa shape index (κ1) is 19.5. The van der Waals surface area contributed by atoms with E-state index in [-0.39, 0.29) is 11.8 Å². The SMILES string of the molecule is CC(=O)NC1(C2(OCc3cccc(C)c3)CC2)CN(C(=O)c2cnc(C)cn2)C1. The van der Waals surface area contributed by atoms with E-state index < -0.39 is 11.1 Å². The van der Waals surface area contributed by atoms with Crippen molar-refractivity contribution in [1.29, 1.82) is 0 Å². The number of benzene rings is 1. The monoisotopic (exact) mass is 394 g/mol. The van der Waals surface area contributed by atoms with Crippen LogP contribution >= 0.6 is 0 Å². The Labute approximate surface area is 170 Å².